The van der Waals surface area contributed by atoms with Crippen molar-refractivity contribution in [3.63, 3.8) is 0 Å². The second-order valence-corrected chi connectivity index (χ2v) is 11.5. The fourth-order valence-corrected chi connectivity index (χ4v) is 6.94. The maximum Gasteiger partial charge on any atom is 0.192 e. The minimum atomic E-state index is -1.86. The lowest BCUT2D eigenvalue weighted by Crippen LogP contribution is -2.31. The van der Waals surface area contributed by atoms with Gasteiger partial charge in [-0.15, -0.1) is 0 Å². The molecule has 4 aliphatic carbocycles. The highest BCUT2D eigenvalue weighted by molar-refractivity contribution is 5.77. The van der Waals surface area contributed by atoms with Crippen molar-refractivity contribution in [1.82, 2.24) is 0 Å². The highest BCUT2D eigenvalue weighted by atomic mass is 19.2. The molecule has 0 N–H and O–H groups in total. The molecule has 2 saturated carbocycles. The maximum atomic E-state index is 15.4. The van der Waals surface area contributed by atoms with E-state index in [0.29, 0.717) is 22.3 Å². The van der Waals surface area contributed by atoms with Crippen LogP contribution in [-0.2, 0) is 4.74 Å². The lowest BCUT2D eigenvalue weighted by atomic mass is 9.67. The third-order valence-electron chi connectivity index (χ3n) is 9.34. The Labute approximate surface area is 218 Å². The van der Waals surface area contributed by atoms with Crippen molar-refractivity contribution in [3.05, 3.63) is 71.0 Å². The minimum absolute atomic E-state index is 0.0470. The highest BCUT2D eigenvalue weighted by Gasteiger charge is 2.38. The van der Waals surface area contributed by atoms with Gasteiger partial charge in [-0.3, -0.25) is 0 Å². The Morgan fingerprint density at radius 3 is 1.62 bits per heavy atom. The van der Waals surface area contributed by atoms with Crippen molar-refractivity contribution < 1.29 is 22.3 Å². The van der Waals surface area contributed by atoms with E-state index in [1.165, 1.54) is 44.9 Å². The maximum absolute atomic E-state index is 15.4. The quantitative estimate of drug-likeness (QED) is 0.357. The Balaban J connectivity index is 1.26. The van der Waals surface area contributed by atoms with Gasteiger partial charge in [-0.25, -0.2) is 17.6 Å². The molecule has 1 aromatic rings. The molecule has 1 nitrogen and oxygen atoms in total. The number of benzene rings is 1. The van der Waals surface area contributed by atoms with Crippen LogP contribution in [0.15, 0.2) is 59.9 Å². The third kappa shape index (κ3) is 5.33. The molecule has 5 heteroatoms. The van der Waals surface area contributed by atoms with Crippen LogP contribution in [0.2, 0.25) is 0 Å². The predicted octanol–water partition coefficient (Wildman–Crippen LogP) is 8.92. The normalized spacial score (nSPS) is 36.7. The Hall–Kier alpha value is -2.30. The Morgan fingerprint density at radius 2 is 1.08 bits per heavy atom. The lowest BCUT2D eigenvalue weighted by Gasteiger charge is -2.39. The van der Waals surface area contributed by atoms with Crippen LogP contribution in [0.1, 0.15) is 69.4 Å². The van der Waals surface area contributed by atoms with Crippen LogP contribution in [0, 0.1) is 23.7 Å². The van der Waals surface area contributed by atoms with E-state index in [0.717, 1.165) is 43.4 Å². The van der Waals surface area contributed by atoms with E-state index >= 15 is 8.78 Å². The van der Waals surface area contributed by atoms with Crippen molar-refractivity contribution in [3.8, 4) is 0 Å². The second kappa shape index (κ2) is 11.2. The zero-order chi connectivity index (χ0) is 26.1. The van der Waals surface area contributed by atoms with E-state index in [4.69, 9.17) is 4.74 Å². The Bertz CT molecular complexity index is 1070. The predicted molar refractivity (Wildman–Crippen MR) is 142 cm³/mol. The Morgan fingerprint density at radius 1 is 0.595 bits per heavy atom. The van der Waals surface area contributed by atoms with Crippen LogP contribution in [0.5, 0.6) is 0 Å². The number of alkyl halides is 4. The standard InChI is InChI=1S/C32H38F4O/c1-19-3-5-20(6-4-19)21-7-9-22(10-8-21)25-15-16-26(30(34)29(25)33)23-11-13-24(14-12-23)27-17-18-28(37-2)32(36)31(27)35/h11-22,29-32H,3-10H2,1-2H3. The van der Waals surface area contributed by atoms with Crippen LogP contribution in [0.25, 0.3) is 11.1 Å². The first-order valence-electron chi connectivity index (χ1n) is 13.9. The molecule has 0 heterocycles. The molecule has 4 aliphatic rings. The molecule has 0 saturated heterocycles. The van der Waals surface area contributed by atoms with Crippen molar-refractivity contribution in [1.29, 1.82) is 0 Å². The first kappa shape index (κ1) is 26.3. The van der Waals surface area contributed by atoms with Gasteiger partial charge in [-0.1, -0.05) is 62.3 Å². The molecule has 0 aromatic heterocycles. The molecule has 0 aliphatic heterocycles. The second-order valence-electron chi connectivity index (χ2n) is 11.5. The molecule has 37 heavy (non-hydrogen) atoms. The fraction of sp³-hybridized carbons (Fsp3) is 0.562. The van der Waals surface area contributed by atoms with Crippen molar-refractivity contribution in [2.45, 2.75) is 83.0 Å². The van der Waals surface area contributed by atoms with Gasteiger partial charge in [0.25, 0.3) is 0 Å². The molecule has 0 spiro atoms. The van der Waals surface area contributed by atoms with E-state index in [-0.39, 0.29) is 17.3 Å². The molecular weight excluding hydrogens is 476 g/mol. The summed E-state index contributed by atoms with van der Waals surface area (Å²) in [7, 11) is 1.31. The van der Waals surface area contributed by atoms with Gasteiger partial charge in [0.2, 0.25) is 0 Å². The zero-order valence-electron chi connectivity index (χ0n) is 21.8. The van der Waals surface area contributed by atoms with Gasteiger partial charge in [-0.05, 0) is 96.1 Å². The summed E-state index contributed by atoms with van der Waals surface area (Å²) in [4.78, 5) is 0. The minimum Gasteiger partial charge on any atom is -0.498 e. The summed E-state index contributed by atoms with van der Waals surface area (Å²) >= 11 is 0. The van der Waals surface area contributed by atoms with Gasteiger partial charge in [-0.2, -0.15) is 0 Å². The number of halogens is 4. The van der Waals surface area contributed by atoms with E-state index in [1.807, 2.05) is 0 Å². The summed E-state index contributed by atoms with van der Waals surface area (Å²) in [6, 6.07) is 6.59. The van der Waals surface area contributed by atoms with Crippen LogP contribution < -0.4 is 0 Å². The van der Waals surface area contributed by atoms with Gasteiger partial charge >= 0.3 is 0 Å². The number of allylic oxidation sites excluding steroid dienone is 8. The number of hydrogen-bond donors (Lipinski definition) is 0. The Kier molecular flexibility index (Phi) is 7.97. The largest absolute Gasteiger partial charge is 0.498 e. The third-order valence-corrected chi connectivity index (χ3v) is 9.34. The summed E-state index contributed by atoms with van der Waals surface area (Å²) < 4.78 is 64.5. The molecule has 0 amide bonds. The molecule has 2 fully saturated rings. The van der Waals surface area contributed by atoms with E-state index in [9.17, 15) is 8.78 Å². The highest BCUT2D eigenvalue weighted by Crippen LogP contribution is 2.45. The molecule has 0 bridgehead atoms. The molecule has 0 radical (unpaired) electrons. The van der Waals surface area contributed by atoms with Crippen LogP contribution in [-0.4, -0.2) is 31.8 Å². The van der Waals surface area contributed by atoms with Crippen molar-refractivity contribution in [2.75, 3.05) is 7.11 Å². The fourth-order valence-electron chi connectivity index (χ4n) is 6.94. The number of ether oxygens (including phenoxy) is 1. The summed E-state index contributed by atoms with van der Waals surface area (Å²) in [5.74, 6) is 2.47. The van der Waals surface area contributed by atoms with Crippen molar-refractivity contribution >= 4 is 11.1 Å². The number of rotatable bonds is 5. The molecule has 5 rings (SSSR count). The molecular formula is C32H38F4O. The molecule has 4 unspecified atom stereocenters. The first-order chi connectivity index (χ1) is 17.9. The summed E-state index contributed by atoms with van der Waals surface area (Å²) in [5, 5.41) is 0. The number of methoxy groups -OCH3 is 1. The zero-order valence-corrected chi connectivity index (χ0v) is 21.8. The molecule has 1 aromatic carbocycles. The van der Waals surface area contributed by atoms with Crippen molar-refractivity contribution in [2.24, 2.45) is 23.7 Å². The van der Waals surface area contributed by atoms with Gasteiger partial charge in [0.15, 0.2) is 24.7 Å². The summed E-state index contributed by atoms with van der Waals surface area (Å²) in [6.45, 7) is 2.34. The molecule has 200 valence electrons. The average molecular weight is 515 g/mol. The lowest BCUT2D eigenvalue weighted by molar-refractivity contribution is 0.147. The van der Waals surface area contributed by atoms with Gasteiger partial charge < -0.3 is 4.74 Å². The number of hydrogen-bond acceptors (Lipinski definition) is 1. The van der Waals surface area contributed by atoms with E-state index < -0.39 is 24.7 Å². The molecule has 4 atom stereocenters. The van der Waals surface area contributed by atoms with Crippen LogP contribution in [0.4, 0.5) is 17.6 Å². The summed E-state index contributed by atoms with van der Waals surface area (Å²) in [5.41, 5.74) is 2.17. The van der Waals surface area contributed by atoms with Crippen LogP contribution >= 0.6 is 0 Å². The van der Waals surface area contributed by atoms with Gasteiger partial charge in [0.05, 0.1) is 7.11 Å². The van der Waals surface area contributed by atoms with Crippen LogP contribution in [0.3, 0.4) is 0 Å². The first-order valence-corrected chi connectivity index (χ1v) is 13.9. The SMILES string of the molecule is COC1=CC=C(c2ccc(C3=CC=C(C4CCC(C5CCC(C)CC5)CC4)C(F)C3F)cc2)C(F)C1F. The monoisotopic (exact) mass is 514 g/mol. The van der Waals surface area contributed by atoms with E-state index in [1.54, 1.807) is 36.4 Å². The van der Waals surface area contributed by atoms with Gasteiger partial charge in [0.1, 0.15) is 5.76 Å². The van der Waals surface area contributed by atoms with E-state index in [2.05, 4.69) is 6.92 Å². The summed E-state index contributed by atoms with van der Waals surface area (Å²) in [6.07, 6.45) is 8.80. The van der Waals surface area contributed by atoms with Gasteiger partial charge in [0, 0.05) is 0 Å². The smallest absolute Gasteiger partial charge is 0.192 e. The average Bonchev–Trinajstić information content (AvgIpc) is 2.92. The topological polar surface area (TPSA) is 9.23 Å².